The lowest BCUT2D eigenvalue weighted by Crippen LogP contribution is -2.45. The van der Waals surface area contributed by atoms with Gasteiger partial charge in [0.25, 0.3) is 11.8 Å². The molecule has 0 aromatic heterocycles. The summed E-state index contributed by atoms with van der Waals surface area (Å²) in [5.41, 5.74) is 4.38. The second-order valence-corrected chi connectivity index (χ2v) is 7.34. The van der Waals surface area contributed by atoms with Gasteiger partial charge in [-0.15, -0.1) is 0 Å². The second-order valence-electron chi connectivity index (χ2n) is 7.34. The molecule has 0 aliphatic heterocycles. The molecule has 7 heteroatoms. The number of hydrogen-bond acceptors (Lipinski definition) is 4. The third-order valence-corrected chi connectivity index (χ3v) is 5.09. The molecular weight excluding hydrogens is 418 g/mol. The van der Waals surface area contributed by atoms with Gasteiger partial charge in [0.1, 0.15) is 0 Å². The Hall–Kier alpha value is -4.23. The number of nitrogens with zero attached hydrogens (tertiary/aromatic N) is 1. The molecule has 7 nitrogen and oxygen atoms in total. The third-order valence-electron chi connectivity index (χ3n) is 5.09. The fourth-order valence-electron chi connectivity index (χ4n) is 3.26. The first-order valence-corrected chi connectivity index (χ1v) is 10.4. The Balaban J connectivity index is 1.74. The molecule has 0 bridgehead atoms. The van der Waals surface area contributed by atoms with Gasteiger partial charge in [-0.2, -0.15) is 0 Å². The van der Waals surface area contributed by atoms with E-state index in [0.29, 0.717) is 5.56 Å². The zero-order valence-corrected chi connectivity index (χ0v) is 18.1. The number of imide groups is 1. The van der Waals surface area contributed by atoms with Crippen LogP contribution in [0.4, 0.5) is 4.79 Å². The molecule has 1 unspecified atom stereocenters. The average molecular weight is 444 g/mol. The fraction of sp³-hybridized carbons (Fsp3) is 0.115. The molecule has 3 aromatic carbocycles. The summed E-state index contributed by atoms with van der Waals surface area (Å²) in [5, 5.41) is 11.4. The normalized spacial score (nSPS) is 11.6. The summed E-state index contributed by atoms with van der Waals surface area (Å²) in [6, 6.07) is 24.3. The van der Waals surface area contributed by atoms with Gasteiger partial charge in [0.15, 0.2) is 0 Å². The minimum Gasteiger partial charge on any atom is -0.334 e. The number of hydrogen-bond donors (Lipinski definition) is 3. The van der Waals surface area contributed by atoms with E-state index in [1.165, 1.54) is 16.5 Å². The molecule has 1 atom stereocenters. The van der Waals surface area contributed by atoms with Crippen LogP contribution < -0.4 is 10.8 Å². The van der Waals surface area contributed by atoms with Crippen molar-refractivity contribution >= 4 is 23.9 Å². The van der Waals surface area contributed by atoms with Gasteiger partial charge in [0, 0.05) is 18.2 Å². The van der Waals surface area contributed by atoms with Crippen LogP contribution in [0, 0.1) is 0 Å². The van der Waals surface area contributed by atoms with Crippen molar-refractivity contribution < 1.29 is 19.6 Å². The molecule has 3 rings (SSSR count). The minimum atomic E-state index is -0.623. The van der Waals surface area contributed by atoms with Crippen LogP contribution in [-0.2, 0) is 11.3 Å². The molecule has 0 aliphatic carbocycles. The molecule has 3 aromatic rings. The molecule has 0 saturated heterocycles. The zero-order chi connectivity index (χ0) is 23.6. The van der Waals surface area contributed by atoms with E-state index in [9.17, 15) is 14.4 Å². The number of nitrogens with one attached hydrogen (secondary N) is 2. The Kier molecular flexibility index (Phi) is 8.10. The number of benzene rings is 3. The Labute approximate surface area is 192 Å². The van der Waals surface area contributed by atoms with Crippen molar-refractivity contribution in [2.75, 3.05) is 0 Å². The maximum absolute atomic E-state index is 13.2. The third kappa shape index (κ3) is 6.38. The molecule has 0 radical (unpaired) electrons. The molecule has 0 fully saturated rings. The Morgan fingerprint density at radius 2 is 1.52 bits per heavy atom. The van der Waals surface area contributed by atoms with Crippen LogP contribution in [-0.4, -0.2) is 28.0 Å². The first kappa shape index (κ1) is 23.4. The quantitative estimate of drug-likeness (QED) is 0.288. The minimum absolute atomic E-state index is 0.222. The maximum atomic E-state index is 13.2. The number of carbonyl (C=O) groups is 3. The summed E-state index contributed by atoms with van der Waals surface area (Å²) in [6.07, 6.45) is 2.75. The van der Waals surface area contributed by atoms with E-state index in [4.69, 9.17) is 5.21 Å². The van der Waals surface area contributed by atoms with Crippen LogP contribution in [0.5, 0.6) is 0 Å². The Bertz CT molecular complexity index is 1110. The molecule has 0 spiro atoms. The molecule has 33 heavy (non-hydrogen) atoms. The first-order chi connectivity index (χ1) is 16.0. The molecule has 3 N–H and O–H groups in total. The molecule has 0 heterocycles. The van der Waals surface area contributed by atoms with E-state index in [2.05, 4.69) is 5.32 Å². The van der Waals surface area contributed by atoms with E-state index in [-0.39, 0.29) is 12.5 Å². The van der Waals surface area contributed by atoms with Crippen molar-refractivity contribution in [1.82, 2.24) is 15.7 Å². The van der Waals surface area contributed by atoms with Gasteiger partial charge >= 0.3 is 6.03 Å². The first-order valence-electron chi connectivity index (χ1n) is 10.4. The van der Waals surface area contributed by atoms with E-state index < -0.39 is 18.0 Å². The van der Waals surface area contributed by atoms with Gasteiger partial charge in [0.05, 0.1) is 6.04 Å². The molecule has 168 valence electrons. The largest absolute Gasteiger partial charge is 0.334 e. The lowest BCUT2D eigenvalue weighted by Gasteiger charge is -2.28. The highest BCUT2D eigenvalue weighted by molar-refractivity contribution is 6.04. The fourth-order valence-corrected chi connectivity index (χ4v) is 3.26. The topological polar surface area (TPSA) is 98.7 Å². The molecular formula is C26H25N3O4. The van der Waals surface area contributed by atoms with Crippen LogP contribution in [0.2, 0.25) is 0 Å². The van der Waals surface area contributed by atoms with E-state index >= 15 is 0 Å². The number of urea groups is 1. The summed E-state index contributed by atoms with van der Waals surface area (Å²) >= 11 is 0. The second kappa shape index (κ2) is 11.4. The number of hydroxylamine groups is 1. The molecule has 0 aliphatic rings. The lowest BCUT2D eigenvalue weighted by atomic mass is 10.1. The van der Waals surface area contributed by atoms with E-state index in [1.54, 1.807) is 54.6 Å². The van der Waals surface area contributed by atoms with Gasteiger partial charge in [-0.05, 0) is 41.8 Å². The van der Waals surface area contributed by atoms with Crippen LogP contribution in [0.3, 0.4) is 0 Å². The summed E-state index contributed by atoms with van der Waals surface area (Å²) in [4.78, 5) is 38.7. The zero-order valence-electron chi connectivity index (χ0n) is 18.1. The standard InChI is InChI=1S/C26H25N3O4/c1-19(22-8-4-2-5-9-22)29(25(31)23-10-6-3-7-11-23)26(32)27-18-21-14-12-20(13-15-21)16-17-24(30)28-33/h2-17,19,33H,18H2,1H3,(H,27,32)(H,28,30). The highest BCUT2D eigenvalue weighted by atomic mass is 16.5. The van der Waals surface area contributed by atoms with Crippen molar-refractivity contribution in [3.8, 4) is 0 Å². The van der Waals surface area contributed by atoms with E-state index in [1.807, 2.05) is 43.3 Å². The molecule has 0 saturated carbocycles. The maximum Gasteiger partial charge on any atom is 0.325 e. The van der Waals surface area contributed by atoms with Crippen LogP contribution >= 0.6 is 0 Å². The highest BCUT2D eigenvalue weighted by Crippen LogP contribution is 2.22. The summed E-state index contributed by atoms with van der Waals surface area (Å²) in [6.45, 7) is 2.04. The Morgan fingerprint density at radius 3 is 2.12 bits per heavy atom. The predicted molar refractivity (Wildman–Crippen MR) is 125 cm³/mol. The lowest BCUT2D eigenvalue weighted by molar-refractivity contribution is -0.124. The van der Waals surface area contributed by atoms with Gasteiger partial charge in [-0.1, -0.05) is 72.8 Å². The average Bonchev–Trinajstić information content (AvgIpc) is 2.87. The van der Waals surface area contributed by atoms with Crippen molar-refractivity contribution in [1.29, 1.82) is 0 Å². The van der Waals surface area contributed by atoms with Crippen molar-refractivity contribution in [2.45, 2.75) is 19.5 Å². The monoisotopic (exact) mass is 443 g/mol. The van der Waals surface area contributed by atoms with Crippen LogP contribution in [0.15, 0.2) is 91.0 Å². The summed E-state index contributed by atoms with van der Waals surface area (Å²) in [7, 11) is 0. The van der Waals surface area contributed by atoms with Gasteiger partial charge < -0.3 is 5.32 Å². The number of amides is 4. The van der Waals surface area contributed by atoms with Crippen molar-refractivity contribution in [3.63, 3.8) is 0 Å². The summed E-state index contributed by atoms with van der Waals surface area (Å²) < 4.78 is 0. The predicted octanol–water partition coefficient (Wildman–Crippen LogP) is 4.32. The van der Waals surface area contributed by atoms with Crippen LogP contribution in [0.1, 0.15) is 40.0 Å². The van der Waals surface area contributed by atoms with Gasteiger partial charge in [-0.3, -0.25) is 19.7 Å². The van der Waals surface area contributed by atoms with Crippen molar-refractivity contribution in [2.24, 2.45) is 0 Å². The van der Waals surface area contributed by atoms with Crippen LogP contribution in [0.25, 0.3) is 6.08 Å². The summed E-state index contributed by atoms with van der Waals surface area (Å²) in [5.74, 6) is -1.01. The smallest absolute Gasteiger partial charge is 0.325 e. The number of carbonyl (C=O) groups excluding carboxylic acids is 3. The molecule has 4 amide bonds. The highest BCUT2D eigenvalue weighted by Gasteiger charge is 2.28. The Morgan fingerprint density at radius 1 is 0.909 bits per heavy atom. The van der Waals surface area contributed by atoms with Crippen molar-refractivity contribution in [3.05, 3.63) is 113 Å². The van der Waals surface area contributed by atoms with Gasteiger partial charge in [0.2, 0.25) is 0 Å². The SMILES string of the molecule is CC(c1ccccc1)N(C(=O)NCc1ccc(C=CC(=O)NO)cc1)C(=O)c1ccccc1. The van der Waals surface area contributed by atoms with E-state index in [0.717, 1.165) is 16.7 Å². The van der Waals surface area contributed by atoms with Gasteiger partial charge in [-0.25, -0.2) is 10.3 Å². The number of rotatable bonds is 7.